The van der Waals surface area contributed by atoms with Crippen LogP contribution >= 0.6 is 11.5 Å². The summed E-state index contributed by atoms with van der Waals surface area (Å²) >= 11 is 1.49. The van der Waals surface area contributed by atoms with Crippen molar-refractivity contribution in [3.63, 3.8) is 0 Å². The van der Waals surface area contributed by atoms with Crippen molar-refractivity contribution in [1.29, 1.82) is 0 Å². The lowest BCUT2D eigenvalue weighted by atomic mass is 10.2. The summed E-state index contributed by atoms with van der Waals surface area (Å²) in [6.07, 6.45) is 3.02. The highest BCUT2D eigenvalue weighted by Crippen LogP contribution is 2.25. The molecule has 0 aliphatic heterocycles. The van der Waals surface area contributed by atoms with Gasteiger partial charge in [0.1, 0.15) is 17.3 Å². The molecule has 0 saturated carbocycles. The number of hydrogen-bond acceptors (Lipinski definition) is 6. The molecule has 27 heavy (non-hydrogen) atoms. The number of hydrogen-bond donors (Lipinski definition) is 3. The quantitative estimate of drug-likeness (QED) is 0.459. The average molecular weight is 384 g/mol. The standard InChI is InChI=1S/C20H25N5OS/c1-2-3-12-21-18-11-6-9-16(24-18)20(26)23-14-7-13-22-19-15-8-4-5-10-17(15)27-25-19/h4-6,8-11H,2-3,7,12-14H2,1H3,(H,21,24)(H,22,25)(H,23,26). The van der Waals surface area contributed by atoms with E-state index in [4.69, 9.17) is 0 Å². The van der Waals surface area contributed by atoms with E-state index in [9.17, 15) is 4.79 Å². The molecule has 7 heteroatoms. The molecule has 3 N–H and O–H groups in total. The van der Waals surface area contributed by atoms with E-state index in [0.717, 1.165) is 49.4 Å². The normalized spacial score (nSPS) is 10.7. The van der Waals surface area contributed by atoms with Crippen molar-refractivity contribution >= 4 is 39.2 Å². The summed E-state index contributed by atoms with van der Waals surface area (Å²) in [5, 5.41) is 10.6. The van der Waals surface area contributed by atoms with Gasteiger partial charge in [-0.25, -0.2) is 4.98 Å². The zero-order chi connectivity index (χ0) is 18.9. The number of fused-ring (bicyclic) bond motifs is 1. The van der Waals surface area contributed by atoms with Gasteiger partial charge in [-0.05, 0) is 48.6 Å². The molecule has 2 heterocycles. The van der Waals surface area contributed by atoms with Gasteiger partial charge in [-0.15, -0.1) is 0 Å². The van der Waals surface area contributed by atoms with E-state index in [1.165, 1.54) is 16.2 Å². The van der Waals surface area contributed by atoms with E-state index in [1.807, 2.05) is 24.3 Å². The number of nitrogens with zero attached hydrogens (tertiary/aromatic N) is 2. The van der Waals surface area contributed by atoms with Crippen molar-refractivity contribution in [2.75, 3.05) is 30.3 Å². The number of benzene rings is 1. The molecule has 0 fully saturated rings. The maximum Gasteiger partial charge on any atom is 0.269 e. The maximum atomic E-state index is 12.3. The smallest absolute Gasteiger partial charge is 0.269 e. The molecular weight excluding hydrogens is 358 g/mol. The zero-order valence-corrected chi connectivity index (χ0v) is 16.3. The number of nitrogens with one attached hydrogen (secondary N) is 3. The van der Waals surface area contributed by atoms with Gasteiger partial charge in [-0.1, -0.05) is 31.5 Å². The van der Waals surface area contributed by atoms with Crippen LogP contribution in [0.1, 0.15) is 36.7 Å². The fourth-order valence-corrected chi connectivity index (χ4v) is 3.41. The monoisotopic (exact) mass is 383 g/mol. The number of pyridine rings is 1. The van der Waals surface area contributed by atoms with Gasteiger partial charge in [-0.2, -0.15) is 4.37 Å². The summed E-state index contributed by atoms with van der Waals surface area (Å²) in [6, 6.07) is 13.6. The van der Waals surface area contributed by atoms with Gasteiger partial charge in [0.05, 0.1) is 4.70 Å². The third-order valence-electron chi connectivity index (χ3n) is 4.13. The Balaban J connectivity index is 1.41. The van der Waals surface area contributed by atoms with Crippen LogP contribution in [0.5, 0.6) is 0 Å². The van der Waals surface area contributed by atoms with E-state index in [1.54, 1.807) is 6.07 Å². The molecule has 3 aromatic rings. The lowest BCUT2D eigenvalue weighted by molar-refractivity contribution is 0.0948. The Morgan fingerprint density at radius 2 is 1.85 bits per heavy atom. The molecule has 3 rings (SSSR count). The number of aromatic nitrogens is 2. The second-order valence-electron chi connectivity index (χ2n) is 6.25. The van der Waals surface area contributed by atoms with Crippen LogP contribution in [-0.2, 0) is 0 Å². The Labute approximate surface area is 163 Å². The van der Waals surface area contributed by atoms with Crippen molar-refractivity contribution in [2.45, 2.75) is 26.2 Å². The molecule has 1 amide bonds. The average Bonchev–Trinajstić information content (AvgIpc) is 3.11. The Bertz CT molecular complexity index is 879. The number of anilines is 2. The molecule has 6 nitrogen and oxygen atoms in total. The summed E-state index contributed by atoms with van der Waals surface area (Å²) in [5.41, 5.74) is 0.440. The first-order valence-electron chi connectivity index (χ1n) is 9.35. The second kappa shape index (κ2) is 9.87. The van der Waals surface area contributed by atoms with Gasteiger partial charge in [-0.3, -0.25) is 4.79 Å². The SMILES string of the molecule is CCCCNc1cccc(C(=O)NCCCNc2nsc3ccccc23)n1. The molecule has 1 aromatic carbocycles. The predicted octanol–water partition coefficient (Wildman–Crippen LogP) is 4.14. The highest BCUT2D eigenvalue weighted by atomic mass is 32.1. The van der Waals surface area contributed by atoms with E-state index in [2.05, 4.69) is 44.4 Å². The van der Waals surface area contributed by atoms with Gasteiger partial charge in [0, 0.05) is 25.0 Å². The third kappa shape index (κ3) is 5.40. The van der Waals surface area contributed by atoms with Crippen molar-refractivity contribution in [3.8, 4) is 0 Å². The molecule has 0 aliphatic carbocycles. The highest BCUT2D eigenvalue weighted by molar-refractivity contribution is 7.13. The third-order valence-corrected chi connectivity index (χ3v) is 4.95. The summed E-state index contributed by atoms with van der Waals surface area (Å²) in [7, 11) is 0. The minimum atomic E-state index is -0.145. The fraction of sp³-hybridized carbons (Fsp3) is 0.350. The largest absolute Gasteiger partial charge is 0.370 e. The molecule has 0 unspecified atom stereocenters. The minimum Gasteiger partial charge on any atom is -0.370 e. The van der Waals surface area contributed by atoms with Crippen LogP contribution in [-0.4, -0.2) is 34.9 Å². The maximum absolute atomic E-state index is 12.3. The summed E-state index contributed by atoms with van der Waals surface area (Å²) in [6.45, 7) is 4.35. The molecule has 0 bridgehead atoms. The van der Waals surface area contributed by atoms with Gasteiger partial charge in [0.25, 0.3) is 5.91 Å². The molecule has 142 valence electrons. The van der Waals surface area contributed by atoms with Gasteiger partial charge < -0.3 is 16.0 Å². The molecule has 0 radical (unpaired) electrons. The van der Waals surface area contributed by atoms with Crippen LogP contribution in [0.3, 0.4) is 0 Å². The second-order valence-corrected chi connectivity index (χ2v) is 7.06. The minimum absolute atomic E-state index is 0.145. The lowest BCUT2D eigenvalue weighted by Gasteiger charge is -2.08. The molecular formula is C20H25N5OS. The Morgan fingerprint density at radius 1 is 1.00 bits per heavy atom. The number of carbonyl (C=O) groups is 1. The molecule has 0 aliphatic rings. The zero-order valence-electron chi connectivity index (χ0n) is 15.5. The number of carbonyl (C=O) groups excluding carboxylic acids is 1. The van der Waals surface area contributed by atoms with E-state index < -0.39 is 0 Å². The van der Waals surface area contributed by atoms with E-state index >= 15 is 0 Å². The van der Waals surface area contributed by atoms with Crippen LogP contribution in [0.4, 0.5) is 11.6 Å². The molecule has 0 spiro atoms. The van der Waals surface area contributed by atoms with Crippen LogP contribution < -0.4 is 16.0 Å². The first kappa shape index (κ1) is 19.1. The topological polar surface area (TPSA) is 78.9 Å². The fourth-order valence-electron chi connectivity index (χ4n) is 2.65. The van der Waals surface area contributed by atoms with Crippen molar-refractivity contribution < 1.29 is 4.79 Å². The van der Waals surface area contributed by atoms with Gasteiger partial charge in [0.2, 0.25) is 0 Å². The Morgan fingerprint density at radius 3 is 2.74 bits per heavy atom. The number of rotatable bonds is 10. The van der Waals surface area contributed by atoms with Crippen LogP contribution in [0.15, 0.2) is 42.5 Å². The van der Waals surface area contributed by atoms with Crippen molar-refractivity contribution in [1.82, 2.24) is 14.7 Å². The summed E-state index contributed by atoms with van der Waals surface area (Å²) in [4.78, 5) is 16.6. The Hall–Kier alpha value is -2.67. The lowest BCUT2D eigenvalue weighted by Crippen LogP contribution is -2.26. The van der Waals surface area contributed by atoms with Gasteiger partial charge in [0.15, 0.2) is 0 Å². The van der Waals surface area contributed by atoms with E-state index in [0.29, 0.717) is 12.2 Å². The van der Waals surface area contributed by atoms with Gasteiger partial charge >= 0.3 is 0 Å². The van der Waals surface area contributed by atoms with Crippen molar-refractivity contribution in [2.24, 2.45) is 0 Å². The summed E-state index contributed by atoms with van der Waals surface area (Å²) in [5.74, 6) is 1.51. The Kier molecular flexibility index (Phi) is 6.98. The number of unbranched alkanes of at least 4 members (excludes halogenated alkanes) is 1. The molecule has 0 saturated heterocycles. The van der Waals surface area contributed by atoms with Crippen LogP contribution in [0.2, 0.25) is 0 Å². The van der Waals surface area contributed by atoms with E-state index in [-0.39, 0.29) is 5.91 Å². The van der Waals surface area contributed by atoms with Crippen LogP contribution in [0, 0.1) is 0 Å². The number of amides is 1. The predicted molar refractivity (Wildman–Crippen MR) is 113 cm³/mol. The highest BCUT2D eigenvalue weighted by Gasteiger charge is 2.08. The summed E-state index contributed by atoms with van der Waals surface area (Å²) < 4.78 is 5.62. The first-order chi connectivity index (χ1) is 13.3. The van der Waals surface area contributed by atoms with Crippen LogP contribution in [0.25, 0.3) is 10.1 Å². The molecule has 2 aromatic heterocycles. The van der Waals surface area contributed by atoms with Crippen molar-refractivity contribution in [3.05, 3.63) is 48.2 Å². The molecule has 0 atom stereocenters. The first-order valence-corrected chi connectivity index (χ1v) is 10.1.